The van der Waals surface area contributed by atoms with Gasteiger partial charge in [-0.2, -0.15) is 0 Å². The van der Waals surface area contributed by atoms with Gasteiger partial charge in [0.15, 0.2) is 0 Å². The molecule has 0 unspecified atom stereocenters. The molecule has 120 valence electrons. The molecule has 22 heavy (non-hydrogen) atoms. The van der Waals surface area contributed by atoms with E-state index in [-0.39, 0.29) is 11.8 Å². The van der Waals surface area contributed by atoms with Crippen LogP contribution in [0.3, 0.4) is 0 Å². The molecule has 1 aliphatic rings. The van der Waals surface area contributed by atoms with Crippen LogP contribution in [0.4, 0.5) is 0 Å². The molecule has 0 spiro atoms. The van der Waals surface area contributed by atoms with E-state index < -0.39 is 0 Å². The molecule has 0 aromatic heterocycles. The summed E-state index contributed by atoms with van der Waals surface area (Å²) < 4.78 is 0.935. The van der Waals surface area contributed by atoms with Crippen molar-refractivity contribution in [2.75, 3.05) is 6.54 Å². The van der Waals surface area contributed by atoms with Crippen molar-refractivity contribution in [3.05, 3.63) is 34.3 Å². The van der Waals surface area contributed by atoms with E-state index in [2.05, 4.69) is 33.5 Å². The molecule has 1 fully saturated rings. The summed E-state index contributed by atoms with van der Waals surface area (Å²) in [6.45, 7) is 2.56. The van der Waals surface area contributed by atoms with Gasteiger partial charge in [0.1, 0.15) is 0 Å². The Morgan fingerprint density at radius 2 is 1.86 bits per heavy atom. The minimum atomic E-state index is -0.147. The second-order valence-electron chi connectivity index (χ2n) is 5.95. The monoisotopic (exact) mass is 366 g/mol. The van der Waals surface area contributed by atoms with Crippen LogP contribution >= 0.6 is 15.9 Å². The summed E-state index contributed by atoms with van der Waals surface area (Å²) in [4.78, 5) is 23.9. The third kappa shape index (κ3) is 5.13. The van der Waals surface area contributed by atoms with Crippen molar-refractivity contribution in [2.45, 2.75) is 45.1 Å². The molecular weight excluding hydrogens is 344 g/mol. The molecule has 0 aliphatic heterocycles. The van der Waals surface area contributed by atoms with Crippen LogP contribution in [0, 0.1) is 5.92 Å². The van der Waals surface area contributed by atoms with Gasteiger partial charge in [0.25, 0.3) is 5.91 Å². The predicted octanol–water partition coefficient (Wildman–Crippen LogP) is 3.26. The Labute approximate surface area is 140 Å². The molecule has 1 saturated carbocycles. The molecule has 5 heteroatoms. The van der Waals surface area contributed by atoms with Crippen molar-refractivity contribution in [3.63, 3.8) is 0 Å². The second kappa shape index (κ2) is 8.32. The molecule has 2 amide bonds. The second-order valence-corrected chi connectivity index (χ2v) is 6.86. The normalized spacial score (nSPS) is 21.2. The maximum atomic E-state index is 12.0. The topological polar surface area (TPSA) is 58.2 Å². The molecule has 4 nitrogen and oxygen atoms in total. The minimum absolute atomic E-state index is 0.0230. The van der Waals surface area contributed by atoms with Crippen LogP contribution in [-0.4, -0.2) is 24.4 Å². The highest BCUT2D eigenvalue weighted by Gasteiger charge is 2.22. The first-order chi connectivity index (χ1) is 10.6. The highest BCUT2D eigenvalue weighted by molar-refractivity contribution is 9.10. The van der Waals surface area contributed by atoms with E-state index >= 15 is 0 Å². The fourth-order valence-electron chi connectivity index (χ4n) is 2.80. The Balaban J connectivity index is 1.70. The van der Waals surface area contributed by atoms with Crippen molar-refractivity contribution in [1.29, 1.82) is 0 Å². The molecule has 0 heterocycles. The van der Waals surface area contributed by atoms with E-state index in [4.69, 9.17) is 0 Å². The van der Waals surface area contributed by atoms with Crippen LogP contribution in [0.2, 0.25) is 0 Å². The Morgan fingerprint density at radius 3 is 2.55 bits per heavy atom. The van der Waals surface area contributed by atoms with E-state index in [1.807, 2.05) is 12.1 Å². The van der Waals surface area contributed by atoms with E-state index in [1.165, 1.54) is 19.3 Å². The van der Waals surface area contributed by atoms with Gasteiger partial charge in [-0.1, -0.05) is 35.7 Å². The number of hydrogen-bond acceptors (Lipinski definition) is 2. The summed E-state index contributed by atoms with van der Waals surface area (Å²) in [6, 6.07) is 7.45. The lowest BCUT2D eigenvalue weighted by Gasteiger charge is -2.29. The molecule has 0 radical (unpaired) electrons. The number of carbonyl (C=O) groups excluding carboxylic acids is 2. The number of amides is 2. The van der Waals surface area contributed by atoms with Crippen molar-refractivity contribution < 1.29 is 9.59 Å². The average molecular weight is 367 g/mol. The standard InChI is InChI=1S/C17H23BrN2O2/c1-12-4-2-3-5-15(12)20-16(21)10-11-19-17(22)13-6-8-14(18)9-7-13/h6-9,12,15H,2-5,10-11H2,1H3,(H,19,22)(H,20,21)/t12-,15+/m0/s1. The highest BCUT2D eigenvalue weighted by Crippen LogP contribution is 2.23. The number of rotatable bonds is 5. The van der Waals surface area contributed by atoms with E-state index in [0.29, 0.717) is 30.5 Å². The zero-order valence-corrected chi connectivity index (χ0v) is 14.5. The lowest BCUT2D eigenvalue weighted by molar-refractivity contribution is -0.122. The number of nitrogens with one attached hydrogen (secondary N) is 2. The maximum absolute atomic E-state index is 12.0. The van der Waals surface area contributed by atoms with Crippen LogP contribution in [0.25, 0.3) is 0 Å². The van der Waals surface area contributed by atoms with Crippen molar-refractivity contribution in [2.24, 2.45) is 5.92 Å². The first-order valence-corrected chi connectivity index (χ1v) is 8.68. The van der Waals surface area contributed by atoms with Crippen LogP contribution in [-0.2, 0) is 4.79 Å². The predicted molar refractivity (Wildman–Crippen MR) is 90.7 cm³/mol. The van der Waals surface area contributed by atoms with Gasteiger partial charge in [-0.25, -0.2) is 0 Å². The Hall–Kier alpha value is -1.36. The number of carbonyl (C=O) groups is 2. The highest BCUT2D eigenvalue weighted by atomic mass is 79.9. The van der Waals surface area contributed by atoms with Gasteiger partial charge in [-0.15, -0.1) is 0 Å². The van der Waals surface area contributed by atoms with E-state index in [9.17, 15) is 9.59 Å². The van der Waals surface area contributed by atoms with Crippen molar-refractivity contribution in [3.8, 4) is 0 Å². The average Bonchev–Trinajstić information content (AvgIpc) is 2.50. The van der Waals surface area contributed by atoms with Gasteiger partial charge in [-0.3, -0.25) is 9.59 Å². The van der Waals surface area contributed by atoms with Crippen molar-refractivity contribution >= 4 is 27.7 Å². The van der Waals surface area contributed by atoms with Crippen LogP contribution in [0.5, 0.6) is 0 Å². The molecule has 2 rings (SSSR count). The van der Waals surface area contributed by atoms with Gasteiger partial charge in [0, 0.05) is 29.0 Å². The first kappa shape index (κ1) is 17.0. The van der Waals surface area contributed by atoms with Gasteiger partial charge < -0.3 is 10.6 Å². The molecule has 0 bridgehead atoms. The van der Waals surface area contributed by atoms with E-state index in [1.54, 1.807) is 12.1 Å². The maximum Gasteiger partial charge on any atom is 0.251 e. The summed E-state index contributed by atoms with van der Waals surface area (Å²) in [7, 11) is 0. The number of hydrogen-bond donors (Lipinski definition) is 2. The number of benzene rings is 1. The third-order valence-electron chi connectivity index (χ3n) is 4.20. The number of halogens is 1. The summed E-state index contributed by atoms with van der Waals surface area (Å²) in [5.74, 6) is 0.427. The SMILES string of the molecule is C[C@H]1CCCC[C@H]1NC(=O)CCNC(=O)c1ccc(Br)cc1. The quantitative estimate of drug-likeness (QED) is 0.839. The lowest BCUT2D eigenvalue weighted by Crippen LogP contribution is -2.42. The Kier molecular flexibility index (Phi) is 6.43. The largest absolute Gasteiger partial charge is 0.353 e. The molecule has 0 saturated heterocycles. The molecule has 1 aliphatic carbocycles. The summed E-state index contributed by atoms with van der Waals surface area (Å²) in [5.41, 5.74) is 0.601. The van der Waals surface area contributed by atoms with Crippen molar-refractivity contribution in [1.82, 2.24) is 10.6 Å². The summed E-state index contributed by atoms with van der Waals surface area (Å²) >= 11 is 3.33. The van der Waals surface area contributed by atoms with Gasteiger partial charge in [-0.05, 0) is 43.0 Å². The molecule has 1 aromatic carbocycles. The summed E-state index contributed by atoms with van der Waals surface area (Å²) in [6.07, 6.45) is 5.03. The Bertz CT molecular complexity index is 516. The Morgan fingerprint density at radius 1 is 1.18 bits per heavy atom. The molecular formula is C17H23BrN2O2. The van der Waals surface area contributed by atoms with Gasteiger partial charge >= 0.3 is 0 Å². The third-order valence-corrected chi connectivity index (χ3v) is 4.73. The fraction of sp³-hybridized carbons (Fsp3) is 0.529. The summed E-state index contributed by atoms with van der Waals surface area (Å²) in [5, 5.41) is 5.88. The van der Waals surface area contributed by atoms with Crippen LogP contribution in [0.1, 0.15) is 49.4 Å². The zero-order chi connectivity index (χ0) is 15.9. The van der Waals surface area contributed by atoms with Gasteiger partial charge in [0.05, 0.1) is 0 Å². The molecule has 1 aromatic rings. The minimum Gasteiger partial charge on any atom is -0.353 e. The lowest BCUT2D eigenvalue weighted by atomic mass is 9.86. The molecule has 2 N–H and O–H groups in total. The van der Waals surface area contributed by atoms with Gasteiger partial charge in [0.2, 0.25) is 5.91 Å². The van der Waals surface area contributed by atoms with Crippen LogP contribution in [0.15, 0.2) is 28.7 Å². The smallest absolute Gasteiger partial charge is 0.251 e. The van der Waals surface area contributed by atoms with E-state index in [0.717, 1.165) is 10.9 Å². The zero-order valence-electron chi connectivity index (χ0n) is 12.9. The molecule has 2 atom stereocenters. The fourth-order valence-corrected chi connectivity index (χ4v) is 3.07. The van der Waals surface area contributed by atoms with Crippen LogP contribution < -0.4 is 10.6 Å². The first-order valence-electron chi connectivity index (χ1n) is 7.89.